The molecule has 1 atom stereocenters. The summed E-state index contributed by atoms with van der Waals surface area (Å²) in [5.74, 6) is 1.49. The lowest BCUT2D eigenvalue weighted by atomic mass is 10.0. The van der Waals surface area contributed by atoms with Gasteiger partial charge in [-0.1, -0.05) is 44.2 Å². The van der Waals surface area contributed by atoms with Crippen molar-refractivity contribution in [1.82, 2.24) is 20.4 Å². The Balaban J connectivity index is 0.00000312. The van der Waals surface area contributed by atoms with Gasteiger partial charge >= 0.3 is 0 Å². The summed E-state index contributed by atoms with van der Waals surface area (Å²) in [5.41, 5.74) is 1.26. The zero-order valence-corrected chi connectivity index (χ0v) is 18.4. The van der Waals surface area contributed by atoms with E-state index in [9.17, 15) is 0 Å². The minimum Gasteiger partial charge on any atom is -0.355 e. The minimum absolute atomic E-state index is 0. The maximum atomic E-state index is 4.36. The van der Waals surface area contributed by atoms with Crippen molar-refractivity contribution in [3.8, 4) is 0 Å². The minimum atomic E-state index is 0. The first-order valence-corrected chi connectivity index (χ1v) is 9.01. The summed E-state index contributed by atoms with van der Waals surface area (Å²) in [7, 11) is 4.04. The predicted molar refractivity (Wildman–Crippen MR) is 118 cm³/mol. The van der Waals surface area contributed by atoms with Crippen LogP contribution in [0.5, 0.6) is 0 Å². The van der Waals surface area contributed by atoms with E-state index in [1.165, 1.54) is 5.56 Å². The standard InChI is InChI=1S/C19H33N5.HI/c1-16(2)18(24-12-10-23(4)11-13-24)15-22-19(20-3)21-14-17-8-6-5-7-9-17;/h5-9,16,18H,10-15H2,1-4H3,(H2,20,21,22);1H. The van der Waals surface area contributed by atoms with Gasteiger partial charge in [0.15, 0.2) is 5.96 Å². The predicted octanol–water partition coefficient (Wildman–Crippen LogP) is 2.24. The Morgan fingerprint density at radius 3 is 2.28 bits per heavy atom. The van der Waals surface area contributed by atoms with Gasteiger partial charge in [0, 0.05) is 52.4 Å². The molecule has 0 aromatic heterocycles. The quantitative estimate of drug-likeness (QED) is 0.389. The van der Waals surface area contributed by atoms with Crippen molar-refractivity contribution in [2.24, 2.45) is 10.9 Å². The van der Waals surface area contributed by atoms with E-state index in [4.69, 9.17) is 0 Å². The topological polar surface area (TPSA) is 42.9 Å². The molecule has 6 heteroatoms. The molecule has 25 heavy (non-hydrogen) atoms. The van der Waals surface area contributed by atoms with Crippen molar-refractivity contribution >= 4 is 29.9 Å². The van der Waals surface area contributed by atoms with E-state index >= 15 is 0 Å². The Hall–Kier alpha value is -0.860. The van der Waals surface area contributed by atoms with Crippen molar-refractivity contribution in [3.63, 3.8) is 0 Å². The first-order valence-electron chi connectivity index (χ1n) is 9.01. The number of aliphatic imine (C=N–C) groups is 1. The molecule has 2 N–H and O–H groups in total. The Morgan fingerprint density at radius 1 is 1.08 bits per heavy atom. The normalized spacial score (nSPS) is 17.9. The van der Waals surface area contributed by atoms with Crippen molar-refractivity contribution in [3.05, 3.63) is 35.9 Å². The number of piperazine rings is 1. The fraction of sp³-hybridized carbons (Fsp3) is 0.632. The molecule has 0 aliphatic carbocycles. The van der Waals surface area contributed by atoms with Crippen molar-refractivity contribution in [2.45, 2.75) is 26.4 Å². The molecule has 5 nitrogen and oxygen atoms in total. The fourth-order valence-corrected chi connectivity index (χ4v) is 3.14. The Morgan fingerprint density at radius 2 is 1.72 bits per heavy atom. The van der Waals surface area contributed by atoms with Gasteiger partial charge in [0.1, 0.15) is 0 Å². The van der Waals surface area contributed by atoms with Crippen LogP contribution < -0.4 is 10.6 Å². The molecule has 0 amide bonds. The van der Waals surface area contributed by atoms with Crippen molar-refractivity contribution in [2.75, 3.05) is 46.8 Å². The van der Waals surface area contributed by atoms with Gasteiger partial charge in [-0.25, -0.2) is 0 Å². The lowest BCUT2D eigenvalue weighted by molar-refractivity contribution is 0.0900. The highest BCUT2D eigenvalue weighted by molar-refractivity contribution is 14.0. The zero-order chi connectivity index (χ0) is 17.4. The summed E-state index contributed by atoms with van der Waals surface area (Å²) in [5, 5.41) is 6.92. The van der Waals surface area contributed by atoms with E-state index in [0.29, 0.717) is 12.0 Å². The summed E-state index contributed by atoms with van der Waals surface area (Å²) in [6.07, 6.45) is 0. The molecule has 1 heterocycles. The van der Waals surface area contributed by atoms with Gasteiger partial charge in [0.2, 0.25) is 0 Å². The molecular formula is C19H34IN5. The Kier molecular flexibility index (Phi) is 10.4. The largest absolute Gasteiger partial charge is 0.355 e. The zero-order valence-electron chi connectivity index (χ0n) is 16.0. The van der Waals surface area contributed by atoms with E-state index in [-0.39, 0.29) is 24.0 Å². The molecule has 2 rings (SSSR count). The number of likely N-dealkylation sites (N-methyl/N-ethyl adjacent to an activating group) is 1. The number of nitrogens with one attached hydrogen (secondary N) is 2. The van der Waals surface area contributed by atoms with Gasteiger partial charge in [-0.05, 0) is 18.5 Å². The SMILES string of the molecule is CN=C(NCc1ccccc1)NCC(C(C)C)N1CCN(C)CC1.I. The molecule has 1 unspecified atom stereocenters. The molecule has 1 aliphatic rings. The summed E-state index contributed by atoms with van der Waals surface area (Å²) < 4.78 is 0. The van der Waals surface area contributed by atoms with Crippen molar-refractivity contribution < 1.29 is 0 Å². The van der Waals surface area contributed by atoms with E-state index in [1.807, 2.05) is 13.1 Å². The third-order valence-corrected chi connectivity index (χ3v) is 4.78. The average Bonchev–Trinajstić information content (AvgIpc) is 2.60. The Labute approximate surface area is 170 Å². The molecule has 0 spiro atoms. The molecule has 1 aromatic carbocycles. The fourth-order valence-electron chi connectivity index (χ4n) is 3.14. The van der Waals surface area contributed by atoms with Crippen LogP contribution in [-0.4, -0.2) is 68.6 Å². The highest BCUT2D eigenvalue weighted by Crippen LogP contribution is 2.12. The van der Waals surface area contributed by atoms with E-state index < -0.39 is 0 Å². The van der Waals surface area contributed by atoms with Crippen LogP contribution in [0.1, 0.15) is 19.4 Å². The van der Waals surface area contributed by atoms with Gasteiger partial charge in [-0.15, -0.1) is 24.0 Å². The first kappa shape index (κ1) is 22.2. The summed E-state index contributed by atoms with van der Waals surface area (Å²) in [6.45, 7) is 11.0. The molecule has 1 aliphatic heterocycles. The van der Waals surface area contributed by atoms with Crippen LogP contribution in [0, 0.1) is 5.92 Å². The van der Waals surface area contributed by atoms with Crippen LogP contribution in [0.3, 0.4) is 0 Å². The van der Waals surface area contributed by atoms with Gasteiger partial charge in [-0.2, -0.15) is 0 Å². The third-order valence-electron chi connectivity index (χ3n) is 4.78. The Bertz CT molecular complexity index is 498. The number of benzene rings is 1. The molecular weight excluding hydrogens is 425 g/mol. The number of guanidine groups is 1. The van der Waals surface area contributed by atoms with Gasteiger partial charge in [0.05, 0.1) is 0 Å². The number of rotatable bonds is 6. The highest BCUT2D eigenvalue weighted by Gasteiger charge is 2.24. The third kappa shape index (κ3) is 7.50. The number of hydrogen-bond acceptors (Lipinski definition) is 3. The van der Waals surface area contributed by atoms with Crippen molar-refractivity contribution in [1.29, 1.82) is 0 Å². The van der Waals surface area contributed by atoms with E-state index in [0.717, 1.165) is 45.2 Å². The molecule has 0 bridgehead atoms. The van der Waals surface area contributed by atoms with Crippen LogP contribution in [-0.2, 0) is 6.54 Å². The molecule has 1 saturated heterocycles. The van der Waals surface area contributed by atoms with Gasteiger partial charge in [-0.3, -0.25) is 9.89 Å². The summed E-state index contributed by atoms with van der Waals surface area (Å²) >= 11 is 0. The number of halogens is 1. The summed E-state index contributed by atoms with van der Waals surface area (Å²) in [4.78, 5) is 9.38. The average molecular weight is 459 g/mol. The monoisotopic (exact) mass is 459 g/mol. The molecule has 0 radical (unpaired) electrons. The van der Waals surface area contributed by atoms with Crippen LogP contribution in [0.2, 0.25) is 0 Å². The number of nitrogens with zero attached hydrogens (tertiary/aromatic N) is 3. The maximum absolute atomic E-state index is 4.36. The van der Waals surface area contributed by atoms with Crippen LogP contribution in [0.15, 0.2) is 35.3 Å². The number of hydrogen-bond donors (Lipinski definition) is 2. The molecule has 142 valence electrons. The summed E-state index contributed by atoms with van der Waals surface area (Å²) in [6, 6.07) is 11.0. The van der Waals surface area contributed by atoms with E-state index in [1.54, 1.807) is 0 Å². The smallest absolute Gasteiger partial charge is 0.191 e. The molecule has 1 fully saturated rings. The van der Waals surface area contributed by atoms with Gasteiger partial charge < -0.3 is 15.5 Å². The second-order valence-corrected chi connectivity index (χ2v) is 6.94. The van der Waals surface area contributed by atoms with Crippen LogP contribution in [0.25, 0.3) is 0 Å². The van der Waals surface area contributed by atoms with Crippen LogP contribution >= 0.6 is 24.0 Å². The highest BCUT2D eigenvalue weighted by atomic mass is 127. The lowest BCUT2D eigenvalue weighted by Crippen LogP contribution is -2.55. The van der Waals surface area contributed by atoms with Gasteiger partial charge in [0.25, 0.3) is 0 Å². The van der Waals surface area contributed by atoms with E-state index in [2.05, 4.69) is 70.6 Å². The molecule has 1 aromatic rings. The molecule has 0 saturated carbocycles. The second kappa shape index (κ2) is 11.7. The first-order chi connectivity index (χ1) is 11.6. The maximum Gasteiger partial charge on any atom is 0.191 e. The second-order valence-electron chi connectivity index (χ2n) is 6.94. The lowest BCUT2D eigenvalue weighted by Gasteiger charge is -2.40. The van der Waals surface area contributed by atoms with Crippen LogP contribution in [0.4, 0.5) is 0 Å².